The van der Waals surface area contributed by atoms with Crippen LogP contribution in [0.25, 0.3) is 0 Å². The quantitative estimate of drug-likeness (QED) is 0.704. The third-order valence-corrected chi connectivity index (χ3v) is 2.47. The van der Waals surface area contributed by atoms with Crippen molar-refractivity contribution in [3.05, 3.63) is 27.8 Å². The molecule has 2 nitrogen and oxygen atoms in total. The molecule has 0 aliphatic carbocycles. The van der Waals surface area contributed by atoms with Crippen LogP contribution in [0.2, 0.25) is 5.02 Å². The largest absolute Gasteiger partial charge is 0.506 e. The van der Waals surface area contributed by atoms with E-state index in [-0.39, 0.29) is 5.75 Å². The van der Waals surface area contributed by atoms with E-state index in [9.17, 15) is 5.11 Å². The molecule has 12 heavy (non-hydrogen) atoms. The fraction of sp³-hybridized carbons (Fsp3) is 0.333. The molecule has 0 aromatic heterocycles. The maximum atomic E-state index is 9.43. The zero-order valence-corrected chi connectivity index (χ0v) is 7.94. The third-order valence-electron chi connectivity index (χ3n) is 2.00. The van der Waals surface area contributed by atoms with Crippen molar-refractivity contribution in [3.63, 3.8) is 0 Å². The summed E-state index contributed by atoms with van der Waals surface area (Å²) in [6.07, 6.45) is 0. The Kier molecular flexibility index (Phi) is 2.60. The van der Waals surface area contributed by atoms with Crippen LogP contribution in [-0.2, 0) is 6.54 Å². The van der Waals surface area contributed by atoms with Crippen molar-refractivity contribution in [1.82, 2.24) is 0 Å². The van der Waals surface area contributed by atoms with Crippen molar-refractivity contribution in [2.45, 2.75) is 20.4 Å². The second-order valence-corrected chi connectivity index (χ2v) is 3.22. The van der Waals surface area contributed by atoms with Gasteiger partial charge in [0.25, 0.3) is 0 Å². The van der Waals surface area contributed by atoms with Gasteiger partial charge in [-0.2, -0.15) is 0 Å². The van der Waals surface area contributed by atoms with Crippen LogP contribution in [-0.4, -0.2) is 5.11 Å². The molecule has 0 radical (unpaired) electrons. The van der Waals surface area contributed by atoms with E-state index in [1.54, 1.807) is 6.92 Å². The highest BCUT2D eigenvalue weighted by Crippen LogP contribution is 2.32. The van der Waals surface area contributed by atoms with E-state index in [0.717, 1.165) is 16.7 Å². The molecule has 1 aromatic rings. The molecule has 0 unspecified atom stereocenters. The third kappa shape index (κ3) is 1.40. The number of halogens is 1. The molecular weight excluding hydrogens is 174 g/mol. The van der Waals surface area contributed by atoms with Crippen molar-refractivity contribution in [3.8, 4) is 5.75 Å². The van der Waals surface area contributed by atoms with Crippen LogP contribution in [0, 0.1) is 13.8 Å². The average molecular weight is 186 g/mol. The Morgan fingerprint density at radius 1 is 1.50 bits per heavy atom. The van der Waals surface area contributed by atoms with Gasteiger partial charge in [0.1, 0.15) is 5.75 Å². The van der Waals surface area contributed by atoms with Gasteiger partial charge in [0, 0.05) is 6.54 Å². The summed E-state index contributed by atoms with van der Waals surface area (Å²) in [5.74, 6) is 0.159. The number of benzene rings is 1. The number of aromatic hydroxyl groups is 1. The molecule has 0 bridgehead atoms. The van der Waals surface area contributed by atoms with Crippen LogP contribution < -0.4 is 5.73 Å². The number of phenolic OH excluding ortho intramolecular Hbond substituents is 1. The number of rotatable bonds is 1. The second kappa shape index (κ2) is 3.33. The Morgan fingerprint density at radius 3 is 2.58 bits per heavy atom. The molecule has 0 atom stereocenters. The molecule has 0 fully saturated rings. The lowest BCUT2D eigenvalue weighted by Crippen LogP contribution is -2.00. The van der Waals surface area contributed by atoms with Gasteiger partial charge in [-0.05, 0) is 30.5 Å². The van der Waals surface area contributed by atoms with Gasteiger partial charge in [-0.15, -0.1) is 0 Å². The van der Waals surface area contributed by atoms with Crippen molar-refractivity contribution >= 4 is 11.6 Å². The van der Waals surface area contributed by atoms with Crippen LogP contribution in [0.15, 0.2) is 6.07 Å². The number of aryl methyl sites for hydroxylation is 1. The molecule has 66 valence electrons. The fourth-order valence-corrected chi connectivity index (χ4v) is 1.41. The first-order valence-corrected chi connectivity index (χ1v) is 4.13. The van der Waals surface area contributed by atoms with Gasteiger partial charge in [-0.1, -0.05) is 17.7 Å². The molecule has 0 saturated carbocycles. The number of hydrogen-bond acceptors (Lipinski definition) is 2. The Labute approximate surface area is 77.0 Å². The molecule has 3 heteroatoms. The zero-order chi connectivity index (χ0) is 9.30. The molecule has 0 aliphatic rings. The fourth-order valence-electron chi connectivity index (χ4n) is 1.14. The van der Waals surface area contributed by atoms with Crippen LogP contribution in [0.5, 0.6) is 5.75 Å². The molecule has 1 aromatic carbocycles. The minimum absolute atomic E-state index is 0.159. The molecular formula is C9H12ClNO. The van der Waals surface area contributed by atoms with Crippen LogP contribution in [0.4, 0.5) is 0 Å². The van der Waals surface area contributed by atoms with Gasteiger partial charge in [0.2, 0.25) is 0 Å². The van der Waals surface area contributed by atoms with Gasteiger partial charge in [-0.3, -0.25) is 0 Å². The summed E-state index contributed by atoms with van der Waals surface area (Å²) in [5.41, 5.74) is 8.11. The van der Waals surface area contributed by atoms with E-state index in [4.69, 9.17) is 17.3 Å². The Balaban J connectivity index is 3.39. The van der Waals surface area contributed by atoms with Gasteiger partial charge >= 0.3 is 0 Å². The van der Waals surface area contributed by atoms with E-state index in [2.05, 4.69) is 0 Å². The van der Waals surface area contributed by atoms with E-state index >= 15 is 0 Å². The molecule has 0 heterocycles. The summed E-state index contributed by atoms with van der Waals surface area (Å²) in [6.45, 7) is 4.11. The summed E-state index contributed by atoms with van der Waals surface area (Å²) < 4.78 is 0. The van der Waals surface area contributed by atoms with E-state index in [1.807, 2.05) is 13.0 Å². The van der Waals surface area contributed by atoms with Crippen LogP contribution in [0.3, 0.4) is 0 Å². The molecule has 0 amide bonds. The smallest absolute Gasteiger partial charge is 0.137 e. The summed E-state index contributed by atoms with van der Waals surface area (Å²) in [5, 5.41) is 9.85. The van der Waals surface area contributed by atoms with Crippen molar-refractivity contribution in [2.75, 3.05) is 0 Å². The lowest BCUT2D eigenvalue weighted by Gasteiger charge is -2.09. The Bertz CT molecular complexity index is 310. The van der Waals surface area contributed by atoms with Crippen LogP contribution >= 0.6 is 11.6 Å². The lowest BCUT2D eigenvalue weighted by molar-refractivity contribution is 0.470. The van der Waals surface area contributed by atoms with Gasteiger partial charge in [0.15, 0.2) is 0 Å². The second-order valence-electron chi connectivity index (χ2n) is 2.84. The highest BCUT2D eigenvalue weighted by molar-refractivity contribution is 6.33. The lowest BCUT2D eigenvalue weighted by atomic mass is 10.0. The monoisotopic (exact) mass is 185 g/mol. The van der Waals surface area contributed by atoms with Gasteiger partial charge in [0.05, 0.1) is 5.02 Å². The summed E-state index contributed by atoms with van der Waals surface area (Å²) >= 11 is 5.86. The first-order valence-electron chi connectivity index (χ1n) is 3.75. The van der Waals surface area contributed by atoms with Crippen molar-refractivity contribution in [1.29, 1.82) is 0 Å². The van der Waals surface area contributed by atoms with Crippen molar-refractivity contribution in [2.24, 2.45) is 5.73 Å². The number of nitrogens with two attached hydrogens (primary N) is 1. The first-order chi connectivity index (χ1) is 5.57. The molecule has 0 saturated heterocycles. The predicted molar refractivity (Wildman–Crippen MR) is 50.5 cm³/mol. The summed E-state index contributed by atoms with van der Waals surface area (Å²) in [6, 6.07) is 1.86. The average Bonchev–Trinajstić information content (AvgIpc) is 2.08. The summed E-state index contributed by atoms with van der Waals surface area (Å²) in [4.78, 5) is 0. The minimum atomic E-state index is 0.159. The van der Waals surface area contributed by atoms with E-state index in [1.165, 1.54) is 0 Å². The normalized spacial score (nSPS) is 10.3. The maximum absolute atomic E-state index is 9.43. The van der Waals surface area contributed by atoms with Gasteiger partial charge < -0.3 is 10.8 Å². The highest BCUT2D eigenvalue weighted by atomic mass is 35.5. The van der Waals surface area contributed by atoms with Crippen molar-refractivity contribution < 1.29 is 5.11 Å². The predicted octanol–water partition coefficient (Wildman–Crippen LogP) is 2.12. The zero-order valence-electron chi connectivity index (χ0n) is 7.19. The first kappa shape index (κ1) is 9.36. The van der Waals surface area contributed by atoms with E-state index < -0.39 is 0 Å². The van der Waals surface area contributed by atoms with Crippen LogP contribution in [0.1, 0.15) is 16.7 Å². The highest BCUT2D eigenvalue weighted by Gasteiger charge is 2.08. The number of hydrogen-bond donors (Lipinski definition) is 2. The SMILES string of the molecule is Cc1cc(CN)c(C)c(Cl)c1O. The standard InChI is InChI=1S/C9H12ClNO/c1-5-3-7(4-11)6(2)8(10)9(5)12/h3,12H,4,11H2,1-2H3. The maximum Gasteiger partial charge on any atom is 0.137 e. The van der Waals surface area contributed by atoms with E-state index in [0.29, 0.717) is 11.6 Å². The molecule has 0 aliphatic heterocycles. The number of phenols is 1. The molecule has 3 N–H and O–H groups in total. The topological polar surface area (TPSA) is 46.2 Å². The summed E-state index contributed by atoms with van der Waals surface area (Å²) in [7, 11) is 0. The minimum Gasteiger partial charge on any atom is -0.506 e. The Hall–Kier alpha value is -0.730. The molecule has 1 rings (SSSR count). The Morgan fingerprint density at radius 2 is 2.08 bits per heavy atom. The van der Waals surface area contributed by atoms with Gasteiger partial charge in [-0.25, -0.2) is 0 Å². The molecule has 0 spiro atoms.